The van der Waals surface area contributed by atoms with Gasteiger partial charge in [0.05, 0.1) is 18.1 Å². The summed E-state index contributed by atoms with van der Waals surface area (Å²) in [5, 5.41) is 51.6. The number of phenolic OH excluding ortho intramolecular Hbond substituents is 4. The molecule has 0 unspecified atom stereocenters. The van der Waals surface area contributed by atoms with Gasteiger partial charge in [0.1, 0.15) is 11.6 Å². The molecule has 3 aromatic rings. The Morgan fingerprint density at radius 3 is 2.33 bits per heavy atom. The number of benzene rings is 3. The molecular weight excluding hydrogens is 472 g/mol. The maximum absolute atomic E-state index is 13.9. The van der Waals surface area contributed by atoms with E-state index in [4.69, 9.17) is 4.74 Å². The average molecular weight is 494 g/mol. The molecule has 1 aliphatic rings. The van der Waals surface area contributed by atoms with Gasteiger partial charge in [-0.15, -0.1) is 0 Å². The van der Waals surface area contributed by atoms with Crippen LogP contribution in [0.2, 0.25) is 0 Å². The van der Waals surface area contributed by atoms with Crippen LogP contribution < -0.4 is 0 Å². The van der Waals surface area contributed by atoms with Crippen molar-refractivity contribution in [1.82, 2.24) is 4.90 Å². The van der Waals surface area contributed by atoms with Gasteiger partial charge in [0, 0.05) is 12.5 Å². The van der Waals surface area contributed by atoms with Gasteiger partial charge in [-0.2, -0.15) is 0 Å². The number of hydrogen-bond donors (Lipinski definition) is 4. The summed E-state index contributed by atoms with van der Waals surface area (Å²) in [4.78, 5) is 38.8. The Bertz CT molecular complexity index is 1370. The van der Waals surface area contributed by atoms with Crippen LogP contribution in [0.5, 0.6) is 23.0 Å². The van der Waals surface area contributed by atoms with E-state index in [2.05, 4.69) is 0 Å². The highest BCUT2D eigenvalue weighted by molar-refractivity contribution is 6.00. The third kappa shape index (κ3) is 4.33. The molecule has 11 heteroatoms. The Morgan fingerprint density at radius 1 is 1.00 bits per heavy atom. The van der Waals surface area contributed by atoms with E-state index < -0.39 is 51.8 Å². The molecule has 1 aliphatic heterocycles. The van der Waals surface area contributed by atoms with E-state index in [1.165, 1.54) is 54.6 Å². The smallest absolute Gasteiger partial charge is 0.328 e. The number of carbonyl (C=O) groups excluding carboxylic acids is 2. The van der Waals surface area contributed by atoms with Crippen LogP contribution in [0.25, 0.3) is 0 Å². The number of esters is 1. The minimum Gasteiger partial charge on any atom is -0.504 e. The van der Waals surface area contributed by atoms with Gasteiger partial charge in [0.25, 0.3) is 11.6 Å². The number of para-hydroxylation sites is 1. The predicted octanol–water partition coefficient (Wildman–Crippen LogP) is 2.94. The normalized spacial score (nSPS) is 16.8. The summed E-state index contributed by atoms with van der Waals surface area (Å²) in [6, 6.07) is 9.74. The third-order valence-electron chi connectivity index (χ3n) is 6.19. The quantitative estimate of drug-likeness (QED) is 0.180. The van der Waals surface area contributed by atoms with Crippen molar-refractivity contribution in [2.45, 2.75) is 24.9 Å². The predicted molar refractivity (Wildman–Crippen MR) is 125 cm³/mol. The average Bonchev–Trinajstić information content (AvgIpc) is 2.86. The summed E-state index contributed by atoms with van der Waals surface area (Å²) in [7, 11) is 1.15. The number of aromatic hydroxyl groups is 4. The summed E-state index contributed by atoms with van der Waals surface area (Å²) in [6.45, 7) is 0. The fraction of sp³-hybridized carbons (Fsp3) is 0.200. The maximum atomic E-state index is 13.9. The number of amides is 1. The van der Waals surface area contributed by atoms with Crippen LogP contribution in [-0.4, -0.2) is 55.3 Å². The van der Waals surface area contributed by atoms with Gasteiger partial charge in [-0.25, -0.2) is 4.79 Å². The number of ether oxygens (including phenoxy) is 1. The van der Waals surface area contributed by atoms with Crippen molar-refractivity contribution in [3.05, 3.63) is 87.0 Å². The summed E-state index contributed by atoms with van der Waals surface area (Å²) < 4.78 is 4.93. The highest BCUT2D eigenvalue weighted by Gasteiger charge is 2.43. The molecule has 0 saturated carbocycles. The molecule has 0 radical (unpaired) electrons. The molecule has 4 rings (SSSR count). The molecule has 1 heterocycles. The zero-order chi connectivity index (χ0) is 26.1. The number of phenols is 4. The zero-order valence-electron chi connectivity index (χ0n) is 19.0. The Morgan fingerprint density at radius 2 is 1.67 bits per heavy atom. The van der Waals surface area contributed by atoms with E-state index in [1.807, 2.05) is 0 Å². The van der Waals surface area contributed by atoms with Crippen molar-refractivity contribution in [2.75, 3.05) is 7.11 Å². The highest BCUT2D eigenvalue weighted by Crippen LogP contribution is 2.42. The van der Waals surface area contributed by atoms with Crippen LogP contribution in [-0.2, 0) is 22.4 Å². The minimum atomic E-state index is -1.21. The summed E-state index contributed by atoms with van der Waals surface area (Å²) >= 11 is 0. The number of rotatable bonds is 5. The maximum Gasteiger partial charge on any atom is 0.328 e. The first-order valence-electron chi connectivity index (χ1n) is 10.8. The lowest BCUT2D eigenvalue weighted by Crippen LogP contribution is -2.52. The van der Waals surface area contributed by atoms with Crippen molar-refractivity contribution in [3.8, 4) is 23.0 Å². The number of nitro groups is 1. The van der Waals surface area contributed by atoms with Crippen LogP contribution in [0.15, 0.2) is 54.6 Å². The second-order valence-electron chi connectivity index (χ2n) is 8.31. The molecule has 0 spiro atoms. The van der Waals surface area contributed by atoms with E-state index in [9.17, 15) is 40.1 Å². The van der Waals surface area contributed by atoms with Crippen molar-refractivity contribution < 1.29 is 39.7 Å². The molecule has 186 valence electrons. The Labute approximate surface area is 204 Å². The van der Waals surface area contributed by atoms with E-state index in [-0.39, 0.29) is 24.2 Å². The van der Waals surface area contributed by atoms with Crippen LogP contribution in [0.4, 0.5) is 5.69 Å². The van der Waals surface area contributed by atoms with Gasteiger partial charge in [-0.1, -0.05) is 18.2 Å². The van der Waals surface area contributed by atoms with Gasteiger partial charge in [-0.3, -0.25) is 14.9 Å². The lowest BCUT2D eigenvalue weighted by Gasteiger charge is -2.42. The van der Waals surface area contributed by atoms with Gasteiger partial charge >= 0.3 is 5.97 Å². The number of nitrogens with zero attached hydrogens (tertiary/aromatic N) is 2. The molecule has 3 aromatic carbocycles. The number of hydrogen-bond acceptors (Lipinski definition) is 9. The fourth-order valence-electron chi connectivity index (χ4n) is 4.49. The van der Waals surface area contributed by atoms with Crippen LogP contribution in [0.3, 0.4) is 0 Å². The third-order valence-corrected chi connectivity index (χ3v) is 6.19. The standard InChI is InChI=1S/C25H22N2O9/c1-36-25(33)19-10-14-11-22(30)23(31)12-16(14)18(8-13-6-7-20(28)21(29)9-13)26(19)24(32)15-4-2-3-5-17(15)27(34)35/h2-7,9,11-12,18-19,28-31H,8,10H2,1H3/t18-,19-/m0/s1. The number of nitro benzene ring substituents is 1. The zero-order valence-corrected chi connectivity index (χ0v) is 19.0. The lowest BCUT2D eigenvalue weighted by molar-refractivity contribution is -0.385. The van der Waals surface area contributed by atoms with E-state index >= 15 is 0 Å². The van der Waals surface area contributed by atoms with Crippen molar-refractivity contribution in [1.29, 1.82) is 0 Å². The molecule has 36 heavy (non-hydrogen) atoms. The molecule has 0 aromatic heterocycles. The van der Waals surface area contributed by atoms with Gasteiger partial charge in [0.2, 0.25) is 0 Å². The molecule has 11 nitrogen and oxygen atoms in total. The number of fused-ring (bicyclic) bond motifs is 1. The highest BCUT2D eigenvalue weighted by atomic mass is 16.6. The van der Waals surface area contributed by atoms with Crippen LogP contribution in [0.1, 0.15) is 33.1 Å². The fourth-order valence-corrected chi connectivity index (χ4v) is 4.49. The SMILES string of the molecule is COC(=O)[C@@H]1Cc2cc(O)c(O)cc2[C@H](Cc2ccc(O)c(O)c2)N1C(=O)c1ccccc1[N+](=O)[O-]. The van der Waals surface area contributed by atoms with Crippen molar-refractivity contribution >= 4 is 17.6 Å². The molecule has 1 amide bonds. The first kappa shape index (κ1) is 24.3. The van der Waals surface area contributed by atoms with Crippen molar-refractivity contribution in [3.63, 3.8) is 0 Å². The molecule has 0 bridgehead atoms. The lowest BCUT2D eigenvalue weighted by atomic mass is 9.84. The number of methoxy groups -OCH3 is 1. The molecular formula is C25H22N2O9. The van der Waals surface area contributed by atoms with E-state index in [0.717, 1.165) is 12.0 Å². The van der Waals surface area contributed by atoms with Crippen LogP contribution in [0, 0.1) is 10.1 Å². The second-order valence-corrected chi connectivity index (χ2v) is 8.31. The summed E-state index contributed by atoms with van der Waals surface area (Å²) in [5.74, 6) is -3.23. The molecule has 0 aliphatic carbocycles. The monoisotopic (exact) mass is 494 g/mol. The molecule has 4 N–H and O–H groups in total. The van der Waals surface area contributed by atoms with Crippen LogP contribution >= 0.6 is 0 Å². The largest absolute Gasteiger partial charge is 0.504 e. The van der Waals surface area contributed by atoms with E-state index in [1.54, 1.807) is 0 Å². The van der Waals surface area contributed by atoms with E-state index in [0.29, 0.717) is 16.7 Å². The Kier molecular flexibility index (Phi) is 6.39. The molecule has 0 fully saturated rings. The molecule has 0 saturated heterocycles. The van der Waals surface area contributed by atoms with Crippen molar-refractivity contribution in [2.24, 2.45) is 0 Å². The first-order valence-corrected chi connectivity index (χ1v) is 10.8. The second kappa shape index (κ2) is 9.45. The van der Waals surface area contributed by atoms with Gasteiger partial charge < -0.3 is 30.1 Å². The Balaban J connectivity index is 1.92. The number of carbonyl (C=O) groups is 2. The first-order chi connectivity index (χ1) is 17.1. The van der Waals surface area contributed by atoms with Gasteiger partial charge in [0.15, 0.2) is 23.0 Å². The van der Waals surface area contributed by atoms with Gasteiger partial charge in [-0.05, 0) is 53.4 Å². The summed E-state index contributed by atoms with van der Waals surface area (Å²) in [5.41, 5.74) is 0.609. The summed E-state index contributed by atoms with van der Waals surface area (Å²) in [6.07, 6.45) is -0.0928. The topological polar surface area (TPSA) is 171 Å². The minimum absolute atomic E-state index is 0.00901. The Hall–Kier alpha value is -4.80. The molecule has 2 atom stereocenters.